The predicted octanol–water partition coefficient (Wildman–Crippen LogP) is 3.77. The fourth-order valence-corrected chi connectivity index (χ4v) is 3.50. The first kappa shape index (κ1) is 16.7. The number of nitrogens with zero attached hydrogens (tertiary/aromatic N) is 3. The number of fused-ring (bicyclic) bond motifs is 1. The fourth-order valence-electron chi connectivity index (χ4n) is 3.50. The van der Waals surface area contributed by atoms with Gasteiger partial charge in [0.05, 0.1) is 31.5 Å². The summed E-state index contributed by atoms with van der Waals surface area (Å²) < 4.78 is 13.0. The van der Waals surface area contributed by atoms with Crippen LogP contribution in [-0.4, -0.2) is 44.2 Å². The molecule has 1 aliphatic heterocycles. The maximum atomic E-state index is 5.53. The molecule has 0 saturated carbocycles. The summed E-state index contributed by atoms with van der Waals surface area (Å²) >= 11 is 0. The third kappa shape index (κ3) is 3.06. The van der Waals surface area contributed by atoms with Crippen LogP contribution < -0.4 is 9.64 Å². The van der Waals surface area contributed by atoms with E-state index in [9.17, 15) is 0 Å². The van der Waals surface area contributed by atoms with Gasteiger partial charge in [0.1, 0.15) is 11.6 Å². The van der Waals surface area contributed by atoms with E-state index in [1.807, 2.05) is 30.5 Å². The SMILES string of the molecule is COc1ccc(N=Cc2c(N3CCOCC3)n(C)c3ccccc23)cc1. The van der Waals surface area contributed by atoms with Crippen molar-refractivity contribution in [3.05, 3.63) is 54.1 Å². The molecule has 1 saturated heterocycles. The van der Waals surface area contributed by atoms with Gasteiger partial charge in [-0.25, -0.2) is 0 Å². The van der Waals surface area contributed by atoms with E-state index in [0.717, 1.165) is 43.3 Å². The minimum absolute atomic E-state index is 0.761. The van der Waals surface area contributed by atoms with Crippen molar-refractivity contribution in [2.24, 2.45) is 12.0 Å². The number of para-hydroxylation sites is 1. The van der Waals surface area contributed by atoms with E-state index in [1.165, 1.54) is 16.7 Å². The standard InChI is InChI=1S/C21H23N3O2/c1-23-20-6-4-3-5-18(20)19(21(23)24-11-13-26-14-12-24)15-22-16-7-9-17(25-2)10-8-16/h3-10,15H,11-14H2,1-2H3. The lowest BCUT2D eigenvalue weighted by Crippen LogP contribution is -2.37. The highest BCUT2D eigenvalue weighted by atomic mass is 16.5. The zero-order valence-corrected chi connectivity index (χ0v) is 15.2. The number of morpholine rings is 1. The number of hydrogen-bond acceptors (Lipinski definition) is 4. The highest BCUT2D eigenvalue weighted by molar-refractivity contribution is 6.06. The molecule has 134 valence electrons. The highest BCUT2D eigenvalue weighted by Gasteiger charge is 2.21. The Morgan fingerprint density at radius 1 is 1.04 bits per heavy atom. The summed E-state index contributed by atoms with van der Waals surface area (Å²) in [4.78, 5) is 7.11. The summed E-state index contributed by atoms with van der Waals surface area (Å²) in [6.45, 7) is 3.31. The lowest BCUT2D eigenvalue weighted by atomic mass is 10.1. The Balaban J connectivity index is 1.77. The largest absolute Gasteiger partial charge is 0.497 e. The lowest BCUT2D eigenvalue weighted by molar-refractivity contribution is 0.122. The van der Waals surface area contributed by atoms with Gasteiger partial charge in [-0.3, -0.25) is 4.99 Å². The molecule has 0 unspecified atom stereocenters. The van der Waals surface area contributed by atoms with E-state index in [4.69, 9.17) is 14.5 Å². The Morgan fingerprint density at radius 3 is 2.50 bits per heavy atom. The molecule has 4 rings (SSSR count). The van der Waals surface area contributed by atoms with Crippen molar-refractivity contribution in [2.45, 2.75) is 0 Å². The summed E-state index contributed by atoms with van der Waals surface area (Å²) in [5, 5.41) is 1.22. The molecule has 0 aliphatic carbocycles. The number of aryl methyl sites for hydroxylation is 1. The van der Waals surface area contributed by atoms with Crippen LogP contribution in [0.5, 0.6) is 5.75 Å². The van der Waals surface area contributed by atoms with Crippen LogP contribution in [0, 0.1) is 0 Å². The number of methoxy groups -OCH3 is 1. The molecule has 1 fully saturated rings. The molecule has 0 radical (unpaired) electrons. The van der Waals surface area contributed by atoms with Gasteiger partial charge in [0.15, 0.2) is 0 Å². The summed E-state index contributed by atoms with van der Waals surface area (Å²) in [6, 6.07) is 16.3. The van der Waals surface area contributed by atoms with Gasteiger partial charge in [-0.15, -0.1) is 0 Å². The molecular weight excluding hydrogens is 326 g/mol. The summed E-state index contributed by atoms with van der Waals surface area (Å²) in [7, 11) is 3.79. The van der Waals surface area contributed by atoms with Gasteiger partial charge in [-0.1, -0.05) is 18.2 Å². The van der Waals surface area contributed by atoms with E-state index in [1.54, 1.807) is 7.11 Å². The average molecular weight is 349 g/mol. The number of benzene rings is 2. The molecule has 0 spiro atoms. The Bertz CT molecular complexity index is 922. The van der Waals surface area contributed by atoms with Crippen LogP contribution in [0.1, 0.15) is 5.56 Å². The second kappa shape index (κ2) is 7.22. The predicted molar refractivity (Wildman–Crippen MR) is 106 cm³/mol. The third-order valence-electron chi connectivity index (χ3n) is 4.84. The molecule has 0 bridgehead atoms. The van der Waals surface area contributed by atoms with Crippen LogP contribution in [-0.2, 0) is 11.8 Å². The van der Waals surface area contributed by atoms with Crippen LogP contribution in [0.25, 0.3) is 10.9 Å². The molecule has 0 N–H and O–H groups in total. The minimum Gasteiger partial charge on any atom is -0.497 e. The molecule has 0 atom stereocenters. The first-order chi connectivity index (χ1) is 12.8. The quantitative estimate of drug-likeness (QED) is 0.673. The van der Waals surface area contributed by atoms with Crippen molar-refractivity contribution in [3.63, 3.8) is 0 Å². The second-order valence-corrected chi connectivity index (χ2v) is 6.37. The topological polar surface area (TPSA) is 39.0 Å². The van der Waals surface area contributed by atoms with Gasteiger partial charge in [0, 0.05) is 37.3 Å². The average Bonchev–Trinajstić information content (AvgIpc) is 2.99. The monoisotopic (exact) mass is 349 g/mol. The van der Waals surface area contributed by atoms with Crippen LogP contribution in [0.4, 0.5) is 11.5 Å². The first-order valence-corrected chi connectivity index (χ1v) is 8.86. The minimum atomic E-state index is 0.761. The molecule has 2 aromatic carbocycles. The Morgan fingerprint density at radius 2 is 1.77 bits per heavy atom. The maximum Gasteiger partial charge on any atom is 0.119 e. The normalized spacial score (nSPS) is 15.1. The number of hydrogen-bond donors (Lipinski definition) is 0. The van der Waals surface area contributed by atoms with Gasteiger partial charge in [0.25, 0.3) is 0 Å². The van der Waals surface area contributed by atoms with Crippen LogP contribution >= 0.6 is 0 Å². The van der Waals surface area contributed by atoms with Gasteiger partial charge in [0.2, 0.25) is 0 Å². The summed E-state index contributed by atoms with van der Waals surface area (Å²) in [5.41, 5.74) is 3.28. The molecule has 2 heterocycles. The Labute approximate surface area is 153 Å². The van der Waals surface area contributed by atoms with Crippen molar-refractivity contribution >= 4 is 28.6 Å². The lowest BCUT2D eigenvalue weighted by Gasteiger charge is -2.29. The van der Waals surface area contributed by atoms with E-state index in [0.29, 0.717) is 0 Å². The van der Waals surface area contributed by atoms with Crippen molar-refractivity contribution in [3.8, 4) is 5.75 Å². The first-order valence-electron chi connectivity index (χ1n) is 8.86. The van der Waals surface area contributed by atoms with Gasteiger partial charge in [-0.05, 0) is 30.3 Å². The number of anilines is 1. The van der Waals surface area contributed by atoms with E-state index < -0.39 is 0 Å². The van der Waals surface area contributed by atoms with Crippen molar-refractivity contribution in [1.82, 2.24) is 4.57 Å². The Hall–Kier alpha value is -2.79. The molecule has 3 aromatic rings. The third-order valence-corrected chi connectivity index (χ3v) is 4.84. The zero-order chi connectivity index (χ0) is 17.9. The number of aromatic nitrogens is 1. The van der Waals surface area contributed by atoms with Crippen molar-refractivity contribution in [2.75, 3.05) is 38.3 Å². The molecule has 1 aromatic heterocycles. The molecular formula is C21H23N3O2. The summed E-state index contributed by atoms with van der Waals surface area (Å²) in [6.07, 6.45) is 1.98. The zero-order valence-electron chi connectivity index (χ0n) is 15.2. The molecule has 26 heavy (non-hydrogen) atoms. The van der Waals surface area contributed by atoms with Crippen LogP contribution in [0.3, 0.4) is 0 Å². The van der Waals surface area contributed by atoms with Crippen LogP contribution in [0.15, 0.2) is 53.5 Å². The van der Waals surface area contributed by atoms with Gasteiger partial charge >= 0.3 is 0 Å². The van der Waals surface area contributed by atoms with Crippen molar-refractivity contribution < 1.29 is 9.47 Å². The number of ether oxygens (including phenoxy) is 2. The molecule has 5 heteroatoms. The van der Waals surface area contributed by atoms with E-state index in [-0.39, 0.29) is 0 Å². The van der Waals surface area contributed by atoms with Crippen molar-refractivity contribution in [1.29, 1.82) is 0 Å². The number of aliphatic imine (C=N–C) groups is 1. The maximum absolute atomic E-state index is 5.53. The Kier molecular flexibility index (Phi) is 4.63. The molecule has 5 nitrogen and oxygen atoms in total. The van der Waals surface area contributed by atoms with Gasteiger partial charge in [-0.2, -0.15) is 0 Å². The van der Waals surface area contributed by atoms with E-state index >= 15 is 0 Å². The van der Waals surface area contributed by atoms with Crippen LogP contribution in [0.2, 0.25) is 0 Å². The van der Waals surface area contributed by atoms with Gasteiger partial charge < -0.3 is 18.9 Å². The smallest absolute Gasteiger partial charge is 0.119 e. The second-order valence-electron chi connectivity index (χ2n) is 6.37. The fraction of sp³-hybridized carbons (Fsp3) is 0.286. The summed E-state index contributed by atoms with van der Waals surface area (Å²) in [5.74, 6) is 2.04. The number of rotatable bonds is 4. The molecule has 0 amide bonds. The highest BCUT2D eigenvalue weighted by Crippen LogP contribution is 2.32. The van der Waals surface area contributed by atoms with E-state index in [2.05, 4.69) is 40.8 Å². The molecule has 1 aliphatic rings.